The number of ether oxygens (including phenoxy) is 1. The standard InChI is InChI=1S/C15H14O3/c16-12-5-1-10(2-6-12)14-8-4-11-3-7-13(17)9-15(11)18-14/h1-3,5-7,9,14,16-17H,4,8H2/t14-/m0/s1. The van der Waals surface area contributed by atoms with Gasteiger partial charge in [-0.1, -0.05) is 18.2 Å². The molecule has 1 heterocycles. The molecule has 0 saturated heterocycles. The van der Waals surface area contributed by atoms with Gasteiger partial charge in [-0.05, 0) is 42.2 Å². The van der Waals surface area contributed by atoms with E-state index in [4.69, 9.17) is 4.74 Å². The summed E-state index contributed by atoms with van der Waals surface area (Å²) in [5, 5.41) is 18.7. The molecule has 0 bridgehead atoms. The number of phenols is 2. The van der Waals surface area contributed by atoms with Gasteiger partial charge in [-0.15, -0.1) is 0 Å². The first kappa shape index (κ1) is 11.0. The highest BCUT2D eigenvalue weighted by atomic mass is 16.5. The van der Waals surface area contributed by atoms with E-state index < -0.39 is 0 Å². The predicted octanol–water partition coefficient (Wildman–Crippen LogP) is 3.16. The fourth-order valence-corrected chi connectivity index (χ4v) is 2.28. The lowest BCUT2D eigenvalue weighted by atomic mass is 9.97. The van der Waals surface area contributed by atoms with E-state index in [2.05, 4.69) is 0 Å². The summed E-state index contributed by atoms with van der Waals surface area (Å²) in [6.07, 6.45) is 1.82. The van der Waals surface area contributed by atoms with Crippen molar-refractivity contribution in [1.29, 1.82) is 0 Å². The van der Waals surface area contributed by atoms with Crippen LogP contribution in [-0.2, 0) is 6.42 Å². The summed E-state index contributed by atoms with van der Waals surface area (Å²) in [4.78, 5) is 0. The highest BCUT2D eigenvalue weighted by Gasteiger charge is 2.21. The molecule has 0 aromatic heterocycles. The molecule has 2 aromatic rings. The van der Waals surface area contributed by atoms with Gasteiger partial charge in [-0.3, -0.25) is 0 Å². The number of benzene rings is 2. The molecular formula is C15H14O3. The van der Waals surface area contributed by atoms with Crippen LogP contribution in [0.2, 0.25) is 0 Å². The van der Waals surface area contributed by atoms with Crippen molar-refractivity contribution in [3.63, 3.8) is 0 Å². The summed E-state index contributed by atoms with van der Waals surface area (Å²) in [6, 6.07) is 12.3. The summed E-state index contributed by atoms with van der Waals surface area (Å²) in [5.41, 5.74) is 2.17. The van der Waals surface area contributed by atoms with Crippen LogP contribution in [0.1, 0.15) is 23.7 Å². The van der Waals surface area contributed by atoms with Crippen molar-refractivity contribution in [2.45, 2.75) is 18.9 Å². The molecule has 0 saturated carbocycles. The minimum atomic E-state index is -0.0140. The molecule has 3 nitrogen and oxygen atoms in total. The van der Waals surface area contributed by atoms with Gasteiger partial charge in [0.15, 0.2) is 0 Å². The highest BCUT2D eigenvalue weighted by molar-refractivity contribution is 5.42. The average Bonchev–Trinajstić information content (AvgIpc) is 2.38. The third kappa shape index (κ3) is 1.99. The molecule has 1 aliphatic rings. The van der Waals surface area contributed by atoms with Crippen molar-refractivity contribution in [3.8, 4) is 17.2 Å². The van der Waals surface area contributed by atoms with E-state index in [0.29, 0.717) is 0 Å². The number of fused-ring (bicyclic) bond motifs is 1. The van der Waals surface area contributed by atoms with Crippen molar-refractivity contribution in [2.24, 2.45) is 0 Å². The maximum absolute atomic E-state index is 9.47. The molecule has 0 unspecified atom stereocenters. The minimum absolute atomic E-state index is 0.0140. The molecule has 3 heteroatoms. The lowest BCUT2D eigenvalue weighted by molar-refractivity contribution is 0.176. The predicted molar refractivity (Wildman–Crippen MR) is 67.9 cm³/mol. The van der Waals surface area contributed by atoms with Crippen LogP contribution >= 0.6 is 0 Å². The molecule has 3 rings (SSSR count). The van der Waals surface area contributed by atoms with Crippen LogP contribution in [-0.4, -0.2) is 10.2 Å². The molecule has 1 atom stereocenters. The summed E-state index contributed by atoms with van der Waals surface area (Å²) in [6.45, 7) is 0. The average molecular weight is 242 g/mol. The number of hydrogen-bond donors (Lipinski definition) is 2. The molecule has 0 aliphatic carbocycles. The number of aromatic hydroxyl groups is 2. The van der Waals surface area contributed by atoms with E-state index in [9.17, 15) is 10.2 Å². The van der Waals surface area contributed by atoms with Crippen LogP contribution < -0.4 is 4.74 Å². The van der Waals surface area contributed by atoms with E-state index in [0.717, 1.165) is 29.7 Å². The lowest BCUT2D eigenvalue weighted by Crippen LogP contribution is -2.14. The smallest absolute Gasteiger partial charge is 0.127 e. The molecule has 18 heavy (non-hydrogen) atoms. The second-order valence-electron chi connectivity index (χ2n) is 4.53. The minimum Gasteiger partial charge on any atom is -0.508 e. The highest BCUT2D eigenvalue weighted by Crippen LogP contribution is 2.36. The Bertz CT molecular complexity index is 560. The first-order valence-electron chi connectivity index (χ1n) is 6.00. The van der Waals surface area contributed by atoms with Crippen molar-refractivity contribution in [3.05, 3.63) is 53.6 Å². The van der Waals surface area contributed by atoms with Crippen LogP contribution in [0.4, 0.5) is 0 Å². The van der Waals surface area contributed by atoms with Crippen molar-refractivity contribution in [1.82, 2.24) is 0 Å². The van der Waals surface area contributed by atoms with Crippen molar-refractivity contribution in [2.75, 3.05) is 0 Å². The van der Waals surface area contributed by atoms with Gasteiger partial charge in [0.1, 0.15) is 23.4 Å². The van der Waals surface area contributed by atoms with E-state index in [1.807, 2.05) is 18.2 Å². The molecule has 0 fully saturated rings. The Labute approximate surface area is 105 Å². The SMILES string of the molecule is Oc1ccc([C@@H]2CCc3ccc(O)cc3O2)cc1. The normalized spacial score (nSPS) is 17.9. The molecule has 92 valence electrons. The first-order valence-corrected chi connectivity index (χ1v) is 6.00. The quantitative estimate of drug-likeness (QED) is 0.807. The largest absolute Gasteiger partial charge is 0.508 e. The lowest BCUT2D eigenvalue weighted by Gasteiger charge is -2.26. The van der Waals surface area contributed by atoms with Crippen LogP contribution in [0.15, 0.2) is 42.5 Å². The zero-order valence-electron chi connectivity index (χ0n) is 9.84. The van der Waals surface area contributed by atoms with E-state index in [1.165, 1.54) is 0 Å². The summed E-state index contributed by atoms with van der Waals surface area (Å²) >= 11 is 0. The molecule has 2 N–H and O–H groups in total. The van der Waals surface area contributed by atoms with Gasteiger partial charge in [0, 0.05) is 6.07 Å². The Morgan fingerprint density at radius 3 is 2.44 bits per heavy atom. The Hall–Kier alpha value is -2.16. The summed E-state index contributed by atoms with van der Waals surface area (Å²) < 4.78 is 5.90. The van der Waals surface area contributed by atoms with Crippen molar-refractivity contribution < 1.29 is 14.9 Å². The van der Waals surface area contributed by atoms with Gasteiger partial charge in [0.05, 0.1) is 0 Å². The van der Waals surface area contributed by atoms with Gasteiger partial charge in [0.2, 0.25) is 0 Å². The molecular weight excluding hydrogens is 228 g/mol. The Morgan fingerprint density at radius 1 is 0.944 bits per heavy atom. The Balaban J connectivity index is 1.88. The van der Waals surface area contributed by atoms with E-state index >= 15 is 0 Å². The van der Waals surface area contributed by atoms with Gasteiger partial charge in [-0.2, -0.15) is 0 Å². The maximum atomic E-state index is 9.47. The second-order valence-corrected chi connectivity index (χ2v) is 4.53. The van der Waals surface area contributed by atoms with Gasteiger partial charge in [0.25, 0.3) is 0 Å². The van der Waals surface area contributed by atoms with Crippen molar-refractivity contribution >= 4 is 0 Å². The number of phenolic OH excluding ortho intramolecular Hbond substituents is 2. The second kappa shape index (κ2) is 4.26. The number of rotatable bonds is 1. The third-order valence-corrected chi connectivity index (χ3v) is 3.26. The Morgan fingerprint density at radius 2 is 1.67 bits per heavy atom. The summed E-state index contributed by atoms with van der Waals surface area (Å²) in [5.74, 6) is 1.23. The van der Waals surface area contributed by atoms with Gasteiger partial charge < -0.3 is 14.9 Å². The van der Waals surface area contributed by atoms with Crippen LogP contribution in [0.5, 0.6) is 17.2 Å². The molecule has 0 amide bonds. The molecule has 1 aliphatic heterocycles. The molecule has 0 radical (unpaired) electrons. The zero-order chi connectivity index (χ0) is 12.5. The third-order valence-electron chi connectivity index (χ3n) is 3.26. The monoisotopic (exact) mass is 242 g/mol. The van der Waals surface area contributed by atoms with Crippen LogP contribution in [0.25, 0.3) is 0 Å². The van der Waals surface area contributed by atoms with E-state index in [1.54, 1.807) is 24.3 Å². The van der Waals surface area contributed by atoms with Gasteiger partial charge in [-0.25, -0.2) is 0 Å². The topological polar surface area (TPSA) is 49.7 Å². The number of aryl methyl sites for hydroxylation is 1. The van der Waals surface area contributed by atoms with Gasteiger partial charge >= 0.3 is 0 Å². The maximum Gasteiger partial charge on any atom is 0.127 e. The number of hydrogen-bond acceptors (Lipinski definition) is 3. The molecule has 2 aromatic carbocycles. The zero-order valence-corrected chi connectivity index (χ0v) is 9.84. The Kier molecular flexibility index (Phi) is 2.59. The van der Waals surface area contributed by atoms with Crippen LogP contribution in [0, 0.1) is 0 Å². The van der Waals surface area contributed by atoms with E-state index in [-0.39, 0.29) is 17.6 Å². The first-order chi connectivity index (χ1) is 8.72. The molecule has 0 spiro atoms. The van der Waals surface area contributed by atoms with Crippen LogP contribution in [0.3, 0.4) is 0 Å². The summed E-state index contributed by atoms with van der Waals surface area (Å²) in [7, 11) is 0. The fourth-order valence-electron chi connectivity index (χ4n) is 2.28. The fraction of sp³-hybridized carbons (Fsp3) is 0.200.